The van der Waals surface area contributed by atoms with Crippen molar-refractivity contribution in [2.75, 3.05) is 0 Å². The fourth-order valence-corrected chi connectivity index (χ4v) is 6.61. The van der Waals surface area contributed by atoms with E-state index >= 15 is 0 Å². The van der Waals surface area contributed by atoms with Crippen molar-refractivity contribution >= 4 is 64.2 Å². The van der Waals surface area contributed by atoms with Gasteiger partial charge in [0.2, 0.25) is 5.95 Å². The highest BCUT2D eigenvalue weighted by Crippen LogP contribution is 2.38. The lowest BCUT2D eigenvalue weighted by atomic mass is 10.0. The smallest absolute Gasteiger partial charge is 0.236 e. The second-order valence-electron chi connectivity index (χ2n) is 9.39. The van der Waals surface area contributed by atoms with Crippen LogP contribution in [0.2, 0.25) is 0 Å². The van der Waals surface area contributed by atoms with Crippen molar-refractivity contribution in [2.45, 2.75) is 0 Å². The molecule has 8 rings (SSSR count). The van der Waals surface area contributed by atoms with Crippen LogP contribution < -0.4 is 0 Å². The van der Waals surface area contributed by atoms with Crippen LogP contribution >= 0.6 is 11.3 Å². The van der Waals surface area contributed by atoms with Gasteiger partial charge in [0.05, 0.1) is 16.6 Å². The minimum absolute atomic E-state index is 0.379. The molecule has 0 spiro atoms. The van der Waals surface area contributed by atoms with Gasteiger partial charge in [0.25, 0.3) is 0 Å². The average molecular weight is 503 g/mol. The molecule has 0 aliphatic heterocycles. The lowest BCUT2D eigenvalue weighted by Gasteiger charge is -2.09. The number of para-hydroxylation sites is 2. The maximum absolute atomic E-state index is 9.82. The van der Waals surface area contributed by atoms with E-state index in [2.05, 4.69) is 89.5 Å². The Morgan fingerprint density at radius 1 is 0.579 bits per heavy atom. The van der Waals surface area contributed by atoms with E-state index in [0.29, 0.717) is 11.6 Å². The maximum Gasteiger partial charge on any atom is 0.236 e. The summed E-state index contributed by atoms with van der Waals surface area (Å²) in [5.41, 5.74) is 5.51. The predicted molar refractivity (Wildman–Crippen MR) is 157 cm³/mol. The Bertz CT molecular complexity index is 2270. The summed E-state index contributed by atoms with van der Waals surface area (Å²) >= 11 is 1.83. The van der Waals surface area contributed by atoms with E-state index in [1.807, 2.05) is 41.7 Å². The van der Waals surface area contributed by atoms with Gasteiger partial charge in [-0.15, -0.1) is 11.3 Å². The highest BCUT2D eigenvalue weighted by molar-refractivity contribution is 7.25. The van der Waals surface area contributed by atoms with Crippen LogP contribution in [0, 0.1) is 11.3 Å². The molecule has 0 aliphatic rings. The molecule has 3 heterocycles. The van der Waals surface area contributed by atoms with Crippen LogP contribution in [0.1, 0.15) is 5.69 Å². The molecule has 0 N–H and O–H groups in total. The Kier molecular flexibility index (Phi) is 4.42. The molecule has 5 aromatic carbocycles. The highest BCUT2D eigenvalue weighted by Gasteiger charge is 2.17. The van der Waals surface area contributed by atoms with Gasteiger partial charge in [0.15, 0.2) is 5.69 Å². The number of hydrogen-bond donors (Lipinski definition) is 0. The number of nitrogens with zero attached hydrogens (tertiary/aromatic N) is 4. The molecule has 0 saturated heterocycles. The van der Waals surface area contributed by atoms with Crippen LogP contribution in [-0.4, -0.2) is 14.5 Å². The number of hydrogen-bond acceptors (Lipinski definition) is 4. The molecule has 0 saturated carbocycles. The fraction of sp³-hybridized carbons (Fsp3) is 0. The molecule has 0 aliphatic carbocycles. The Balaban J connectivity index is 1.38. The third-order valence-electron chi connectivity index (χ3n) is 7.28. The first-order valence-electron chi connectivity index (χ1n) is 12.4. The topological polar surface area (TPSA) is 54.5 Å². The molecule has 5 heteroatoms. The van der Waals surface area contributed by atoms with Crippen molar-refractivity contribution in [3.05, 3.63) is 115 Å². The van der Waals surface area contributed by atoms with Gasteiger partial charge in [0, 0.05) is 36.3 Å². The summed E-state index contributed by atoms with van der Waals surface area (Å²) in [5, 5.41) is 15.4. The third kappa shape index (κ3) is 3.02. The molecule has 176 valence electrons. The van der Waals surface area contributed by atoms with E-state index in [1.54, 1.807) is 0 Å². The molecule has 4 nitrogen and oxygen atoms in total. The Hall–Kier alpha value is -5.05. The summed E-state index contributed by atoms with van der Waals surface area (Å²) in [7, 11) is 0. The molecular weight excluding hydrogens is 484 g/mol. The van der Waals surface area contributed by atoms with E-state index in [0.717, 1.165) is 38.3 Å². The first-order chi connectivity index (χ1) is 18.8. The molecule has 3 aromatic heterocycles. The standard InChI is InChI=1S/C33H18N4S/c34-19-28-24-9-1-4-10-27(24)35-33(36-28)37-29-11-5-2-7-22(29)25-17-20(13-15-30(25)37)21-14-16-32-26(18-21)23-8-3-6-12-31(23)38-32/h1-18H. The summed E-state index contributed by atoms with van der Waals surface area (Å²) in [6.45, 7) is 0. The van der Waals surface area contributed by atoms with Gasteiger partial charge in [-0.2, -0.15) is 5.26 Å². The Morgan fingerprint density at radius 3 is 2.11 bits per heavy atom. The number of aromatic nitrogens is 3. The number of nitriles is 1. The van der Waals surface area contributed by atoms with E-state index < -0.39 is 0 Å². The van der Waals surface area contributed by atoms with Crippen molar-refractivity contribution in [2.24, 2.45) is 0 Å². The van der Waals surface area contributed by atoms with Crippen LogP contribution in [0.5, 0.6) is 0 Å². The Labute approximate surface area is 221 Å². The third-order valence-corrected chi connectivity index (χ3v) is 8.43. The van der Waals surface area contributed by atoms with Gasteiger partial charge in [-0.3, -0.25) is 4.57 Å². The van der Waals surface area contributed by atoms with Crippen LogP contribution in [0.15, 0.2) is 109 Å². The van der Waals surface area contributed by atoms with E-state index in [-0.39, 0.29) is 0 Å². The largest absolute Gasteiger partial charge is 0.278 e. The number of fused-ring (bicyclic) bond motifs is 7. The van der Waals surface area contributed by atoms with Gasteiger partial charge >= 0.3 is 0 Å². The van der Waals surface area contributed by atoms with Gasteiger partial charge < -0.3 is 0 Å². The lowest BCUT2D eigenvalue weighted by molar-refractivity contribution is 1.00. The molecular formula is C33H18N4S. The monoisotopic (exact) mass is 502 g/mol. The molecule has 8 aromatic rings. The minimum Gasteiger partial charge on any atom is -0.278 e. The lowest BCUT2D eigenvalue weighted by Crippen LogP contribution is -2.03. The molecule has 0 atom stereocenters. The summed E-state index contributed by atoms with van der Waals surface area (Å²) in [6, 6.07) is 40.2. The van der Waals surface area contributed by atoms with Gasteiger partial charge in [-0.05, 0) is 59.7 Å². The number of benzene rings is 5. The normalized spacial score (nSPS) is 11.7. The van der Waals surface area contributed by atoms with Crippen molar-refractivity contribution in [1.82, 2.24) is 14.5 Å². The second kappa shape index (κ2) is 7.97. The Morgan fingerprint density at radius 2 is 1.24 bits per heavy atom. The minimum atomic E-state index is 0.379. The van der Waals surface area contributed by atoms with Crippen LogP contribution in [0.4, 0.5) is 0 Å². The summed E-state index contributed by atoms with van der Waals surface area (Å²) in [5.74, 6) is 0.505. The van der Waals surface area contributed by atoms with Gasteiger partial charge in [0.1, 0.15) is 6.07 Å². The predicted octanol–water partition coefficient (Wildman–Crippen LogP) is 8.63. The van der Waals surface area contributed by atoms with E-state index in [4.69, 9.17) is 9.97 Å². The molecule has 0 radical (unpaired) electrons. The maximum atomic E-state index is 9.82. The van der Waals surface area contributed by atoms with Crippen LogP contribution in [-0.2, 0) is 0 Å². The fourth-order valence-electron chi connectivity index (χ4n) is 5.52. The zero-order valence-corrected chi connectivity index (χ0v) is 20.9. The zero-order valence-electron chi connectivity index (χ0n) is 20.1. The van der Waals surface area contributed by atoms with Crippen molar-refractivity contribution in [3.63, 3.8) is 0 Å². The molecule has 38 heavy (non-hydrogen) atoms. The first kappa shape index (κ1) is 21.1. The van der Waals surface area contributed by atoms with Crippen molar-refractivity contribution < 1.29 is 0 Å². The number of rotatable bonds is 2. The molecule has 0 fully saturated rings. The first-order valence-corrected chi connectivity index (χ1v) is 13.2. The quantitative estimate of drug-likeness (QED) is 0.238. The van der Waals surface area contributed by atoms with Crippen LogP contribution in [0.25, 0.3) is 70.0 Å². The summed E-state index contributed by atoms with van der Waals surface area (Å²) in [4.78, 5) is 9.56. The molecule has 0 amide bonds. The van der Waals surface area contributed by atoms with E-state index in [1.165, 1.54) is 25.7 Å². The van der Waals surface area contributed by atoms with Gasteiger partial charge in [-0.25, -0.2) is 9.97 Å². The van der Waals surface area contributed by atoms with E-state index in [9.17, 15) is 5.26 Å². The average Bonchev–Trinajstić information content (AvgIpc) is 3.51. The zero-order chi connectivity index (χ0) is 25.2. The van der Waals surface area contributed by atoms with Crippen LogP contribution in [0.3, 0.4) is 0 Å². The molecule has 0 unspecified atom stereocenters. The molecule has 0 bridgehead atoms. The second-order valence-corrected chi connectivity index (χ2v) is 10.5. The number of thiophene rings is 1. The summed E-state index contributed by atoms with van der Waals surface area (Å²) in [6.07, 6.45) is 0. The SMILES string of the molecule is N#Cc1nc(-n2c3ccccc3c3cc(-c4ccc5sc6ccccc6c5c4)ccc32)nc2ccccc12. The summed E-state index contributed by atoms with van der Waals surface area (Å²) < 4.78 is 4.68. The van der Waals surface area contributed by atoms with Crippen molar-refractivity contribution in [3.8, 4) is 23.1 Å². The van der Waals surface area contributed by atoms with Gasteiger partial charge in [-0.1, -0.05) is 60.7 Å². The van der Waals surface area contributed by atoms with Crippen molar-refractivity contribution in [1.29, 1.82) is 5.26 Å². The highest BCUT2D eigenvalue weighted by atomic mass is 32.1.